The topological polar surface area (TPSA) is 118 Å². The molecule has 1 aromatic heterocycles. The van der Waals surface area contributed by atoms with Crippen LogP contribution in [0, 0.1) is 13.8 Å². The van der Waals surface area contributed by atoms with Gasteiger partial charge in [0.05, 0.1) is 11.1 Å². The molecule has 4 N–H and O–H groups in total. The highest BCUT2D eigenvalue weighted by molar-refractivity contribution is 6.05. The van der Waals surface area contributed by atoms with E-state index in [0.717, 1.165) is 27.6 Å². The summed E-state index contributed by atoms with van der Waals surface area (Å²) in [4.78, 5) is 14.5. The molecule has 0 unspecified atom stereocenters. The number of nitrogens with zero attached hydrogens (tertiary/aromatic N) is 2. The number of nitrogens with one attached hydrogen (secondary N) is 1. The van der Waals surface area contributed by atoms with E-state index in [4.69, 9.17) is 0 Å². The van der Waals surface area contributed by atoms with Gasteiger partial charge in [-0.2, -0.15) is 0 Å². The van der Waals surface area contributed by atoms with Crippen molar-refractivity contribution in [2.24, 2.45) is 10.2 Å². The Balaban J connectivity index is 1.63. The van der Waals surface area contributed by atoms with Gasteiger partial charge in [-0.05, 0) is 65.8 Å². The number of phenols is 1. The second-order valence-electron chi connectivity index (χ2n) is 9.99. The van der Waals surface area contributed by atoms with Crippen molar-refractivity contribution in [1.29, 1.82) is 0 Å². The van der Waals surface area contributed by atoms with Gasteiger partial charge in [-0.25, -0.2) is 4.79 Å². The number of carboxylic acid groups (broad SMARTS) is 1. The van der Waals surface area contributed by atoms with Crippen LogP contribution in [0.15, 0.2) is 83.0 Å². The summed E-state index contributed by atoms with van der Waals surface area (Å²) in [7, 11) is 0. The molecule has 0 fully saturated rings. The third-order valence-electron chi connectivity index (χ3n) is 7.07. The van der Waals surface area contributed by atoms with E-state index in [2.05, 4.69) is 73.2 Å². The van der Waals surface area contributed by atoms with Crippen molar-refractivity contribution in [3.8, 4) is 33.9 Å². The standard InChI is InChI=1S/C32H29N3O4/c1-17(2)23-13-14-24(21-12-11-18(3)19(4)15-21)28-27(23)29(31(37)33-28)35-34-26-10-6-9-25(30(26)36)20-7-5-8-22(16-20)32(38)39/h5-17,33,36-37H,1-4H3,(H,38,39). The number of hydrogen-bond acceptors (Lipinski definition) is 5. The van der Waals surface area contributed by atoms with E-state index in [1.807, 2.05) is 0 Å². The average molecular weight is 520 g/mol. The summed E-state index contributed by atoms with van der Waals surface area (Å²) >= 11 is 0. The third-order valence-corrected chi connectivity index (χ3v) is 7.07. The van der Waals surface area contributed by atoms with Crippen LogP contribution in [-0.4, -0.2) is 26.3 Å². The maximum atomic E-state index is 11.4. The van der Waals surface area contributed by atoms with Crippen molar-refractivity contribution >= 4 is 28.2 Å². The summed E-state index contributed by atoms with van der Waals surface area (Å²) in [6, 6.07) is 21.7. The molecule has 0 aliphatic heterocycles. The Kier molecular flexibility index (Phi) is 6.66. The van der Waals surface area contributed by atoms with Gasteiger partial charge in [-0.3, -0.25) is 0 Å². The van der Waals surface area contributed by atoms with E-state index >= 15 is 0 Å². The number of aromatic carboxylic acids is 1. The first-order chi connectivity index (χ1) is 18.7. The summed E-state index contributed by atoms with van der Waals surface area (Å²) in [5, 5.41) is 40.8. The molecule has 0 saturated heterocycles. The van der Waals surface area contributed by atoms with Gasteiger partial charge in [0.25, 0.3) is 0 Å². The minimum Gasteiger partial charge on any atom is -0.505 e. The van der Waals surface area contributed by atoms with Gasteiger partial charge in [0.2, 0.25) is 5.88 Å². The van der Waals surface area contributed by atoms with Crippen LogP contribution in [0.4, 0.5) is 11.4 Å². The van der Waals surface area contributed by atoms with Crippen molar-refractivity contribution in [2.45, 2.75) is 33.6 Å². The molecule has 0 spiro atoms. The average Bonchev–Trinajstić information content (AvgIpc) is 3.24. The van der Waals surface area contributed by atoms with E-state index in [1.54, 1.807) is 30.3 Å². The molecule has 0 aliphatic carbocycles. The quantitative estimate of drug-likeness (QED) is 0.168. The first kappa shape index (κ1) is 25.7. The number of benzene rings is 4. The number of aromatic amines is 1. The second kappa shape index (κ2) is 10.1. The number of fused-ring (bicyclic) bond motifs is 1. The zero-order chi connectivity index (χ0) is 27.8. The number of hydrogen-bond donors (Lipinski definition) is 4. The number of carbonyl (C=O) groups is 1. The summed E-state index contributed by atoms with van der Waals surface area (Å²) in [6.45, 7) is 8.30. The first-order valence-corrected chi connectivity index (χ1v) is 12.7. The fraction of sp³-hybridized carbons (Fsp3) is 0.156. The Hall–Kier alpha value is -4.91. The van der Waals surface area contributed by atoms with Crippen LogP contribution < -0.4 is 0 Å². The fourth-order valence-electron chi connectivity index (χ4n) is 4.80. The third kappa shape index (κ3) is 4.75. The van der Waals surface area contributed by atoms with Crippen LogP contribution in [-0.2, 0) is 0 Å². The molecular formula is C32H29N3O4. The lowest BCUT2D eigenvalue weighted by atomic mass is 9.93. The molecule has 7 heteroatoms. The minimum atomic E-state index is -1.05. The number of carboxylic acids is 1. The number of aromatic hydroxyl groups is 2. The highest BCUT2D eigenvalue weighted by Gasteiger charge is 2.20. The zero-order valence-electron chi connectivity index (χ0n) is 22.1. The van der Waals surface area contributed by atoms with Gasteiger partial charge in [0.15, 0.2) is 11.4 Å². The van der Waals surface area contributed by atoms with Crippen LogP contribution in [0.1, 0.15) is 46.8 Å². The molecule has 39 heavy (non-hydrogen) atoms. The molecule has 0 saturated carbocycles. The van der Waals surface area contributed by atoms with Gasteiger partial charge < -0.3 is 20.3 Å². The molecule has 0 amide bonds. The normalized spacial score (nSPS) is 11.6. The lowest BCUT2D eigenvalue weighted by Crippen LogP contribution is -1.95. The number of phenolic OH excluding ortho intramolecular Hbond substituents is 1. The SMILES string of the molecule is Cc1ccc(-c2ccc(C(C)C)c3c(N=Nc4cccc(-c5cccc(C(=O)O)c5)c4O)c(O)[nH]c23)cc1C. The Morgan fingerprint density at radius 2 is 1.56 bits per heavy atom. The largest absolute Gasteiger partial charge is 0.505 e. The van der Waals surface area contributed by atoms with Crippen LogP contribution in [0.5, 0.6) is 11.6 Å². The van der Waals surface area contributed by atoms with E-state index < -0.39 is 5.97 Å². The molecule has 7 nitrogen and oxygen atoms in total. The monoisotopic (exact) mass is 519 g/mol. The molecule has 5 aromatic rings. The van der Waals surface area contributed by atoms with Crippen LogP contribution in [0.25, 0.3) is 33.2 Å². The number of rotatable bonds is 6. The number of aryl methyl sites for hydroxylation is 2. The maximum absolute atomic E-state index is 11.4. The molecule has 0 atom stereocenters. The molecule has 1 heterocycles. The lowest BCUT2D eigenvalue weighted by molar-refractivity contribution is 0.0697. The number of azo groups is 1. The van der Waals surface area contributed by atoms with Gasteiger partial charge in [0.1, 0.15) is 5.69 Å². The Morgan fingerprint density at radius 1 is 0.821 bits per heavy atom. The van der Waals surface area contributed by atoms with Crippen LogP contribution >= 0.6 is 0 Å². The van der Waals surface area contributed by atoms with Gasteiger partial charge >= 0.3 is 5.97 Å². The molecule has 196 valence electrons. The van der Waals surface area contributed by atoms with E-state index in [-0.39, 0.29) is 34.5 Å². The van der Waals surface area contributed by atoms with Crippen molar-refractivity contribution in [1.82, 2.24) is 4.98 Å². The Labute approximate surface area is 226 Å². The number of H-pyrrole nitrogens is 1. The van der Waals surface area contributed by atoms with Gasteiger partial charge in [0, 0.05) is 16.5 Å². The van der Waals surface area contributed by atoms with Gasteiger partial charge in [-0.15, -0.1) is 10.2 Å². The molecule has 5 rings (SSSR count). The second-order valence-corrected chi connectivity index (χ2v) is 9.99. The predicted molar refractivity (Wildman–Crippen MR) is 154 cm³/mol. The highest BCUT2D eigenvalue weighted by atomic mass is 16.4. The highest BCUT2D eigenvalue weighted by Crippen LogP contribution is 2.45. The van der Waals surface area contributed by atoms with Crippen molar-refractivity contribution < 1.29 is 20.1 Å². The summed E-state index contributed by atoms with van der Waals surface area (Å²) in [5.41, 5.74) is 7.68. The van der Waals surface area contributed by atoms with Crippen molar-refractivity contribution in [3.05, 3.63) is 95.1 Å². The number of para-hydroxylation sites is 1. The molecule has 0 radical (unpaired) electrons. The Morgan fingerprint density at radius 3 is 2.28 bits per heavy atom. The fourth-order valence-corrected chi connectivity index (χ4v) is 4.80. The zero-order valence-corrected chi connectivity index (χ0v) is 22.1. The summed E-state index contributed by atoms with van der Waals surface area (Å²) in [5.74, 6) is -1.15. The van der Waals surface area contributed by atoms with Crippen molar-refractivity contribution in [3.63, 3.8) is 0 Å². The van der Waals surface area contributed by atoms with Gasteiger partial charge in [-0.1, -0.05) is 68.4 Å². The molecule has 0 bridgehead atoms. The first-order valence-electron chi connectivity index (χ1n) is 12.7. The smallest absolute Gasteiger partial charge is 0.335 e. The van der Waals surface area contributed by atoms with E-state index in [0.29, 0.717) is 11.1 Å². The Bertz CT molecular complexity index is 1770. The lowest BCUT2D eigenvalue weighted by Gasteiger charge is -2.12. The molecule has 0 aliphatic rings. The summed E-state index contributed by atoms with van der Waals surface area (Å²) in [6.07, 6.45) is 0. The van der Waals surface area contributed by atoms with E-state index in [9.17, 15) is 20.1 Å². The molecule has 4 aromatic carbocycles. The van der Waals surface area contributed by atoms with E-state index in [1.165, 1.54) is 23.3 Å². The van der Waals surface area contributed by atoms with Crippen molar-refractivity contribution in [2.75, 3.05) is 0 Å². The van der Waals surface area contributed by atoms with Crippen LogP contribution in [0.2, 0.25) is 0 Å². The number of aromatic nitrogens is 1. The minimum absolute atomic E-state index is 0.114. The molecular weight excluding hydrogens is 490 g/mol. The van der Waals surface area contributed by atoms with Crippen LogP contribution in [0.3, 0.4) is 0 Å². The summed E-state index contributed by atoms with van der Waals surface area (Å²) < 4.78 is 0. The maximum Gasteiger partial charge on any atom is 0.335 e. The predicted octanol–water partition coefficient (Wildman–Crippen LogP) is 8.77.